The minimum Gasteiger partial charge on any atom is -0.381 e. The van der Waals surface area contributed by atoms with Crippen LogP contribution in [0.3, 0.4) is 0 Å². The van der Waals surface area contributed by atoms with Gasteiger partial charge in [0.2, 0.25) is 0 Å². The molecule has 1 atom stereocenters. The molecule has 0 aliphatic heterocycles. The Morgan fingerprint density at radius 3 is 2.06 bits per heavy atom. The summed E-state index contributed by atoms with van der Waals surface area (Å²) in [5.74, 6) is -1.23. The van der Waals surface area contributed by atoms with E-state index in [9.17, 15) is 26.3 Å². The number of aliphatic hydroxyl groups is 1. The Labute approximate surface area is 100 Å². The average molecular weight is 323 g/mol. The lowest BCUT2D eigenvalue weighted by molar-refractivity contribution is -0.140. The summed E-state index contributed by atoms with van der Waals surface area (Å²) >= 11 is 1.76. The molecule has 96 valence electrons. The van der Waals surface area contributed by atoms with Crippen LogP contribution in [0.4, 0.5) is 26.3 Å². The van der Waals surface area contributed by atoms with E-state index >= 15 is 0 Å². The molecular formula is C9H5BrF6O. The maximum Gasteiger partial charge on any atom is 0.416 e. The summed E-state index contributed by atoms with van der Waals surface area (Å²) < 4.78 is 75.3. The third-order valence-electron chi connectivity index (χ3n) is 1.93. The van der Waals surface area contributed by atoms with Crippen LogP contribution in [-0.4, -0.2) is 9.94 Å². The Hall–Kier alpha value is -0.760. The molecule has 0 aliphatic carbocycles. The van der Waals surface area contributed by atoms with Crippen LogP contribution in [0.25, 0.3) is 0 Å². The Balaban J connectivity index is 3.34. The molecule has 0 saturated carbocycles. The number of halogens is 7. The molecule has 0 fully saturated rings. The van der Waals surface area contributed by atoms with Crippen molar-refractivity contribution in [2.45, 2.75) is 17.1 Å². The Kier molecular flexibility index (Phi) is 3.78. The highest BCUT2D eigenvalue weighted by molar-refractivity contribution is 9.10. The van der Waals surface area contributed by atoms with Gasteiger partial charge in [-0.2, -0.15) is 22.0 Å². The van der Waals surface area contributed by atoms with Crippen LogP contribution in [0.1, 0.15) is 17.2 Å². The SMILES string of the molecule is OC(c1ccc(F)cc1C(F)(F)F)C(F)(F)Br. The van der Waals surface area contributed by atoms with Crippen molar-refractivity contribution >= 4 is 15.9 Å². The molecule has 0 amide bonds. The largest absolute Gasteiger partial charge is 0.416 e. The number of hydrogen-bond donors (Lipinski definition) is 1. The highest BCUT2D eigenvalue weighted by atomic mass is 79.9. The van der Waals surface area contributed by atoms with Crippen molar-refractivity contribution in [2.24, 2.45) is 0 Å². The first kappa shape index (κ1) is 14.3. The number of rotatable bonds is 2. The fourth-order valence-electron chi connectivity index (χ4n) is 1.19. The van der Waals surface area contributed by atoms with Gasteiger partial charge < -0.3 is 5.11 Å². The van der Waals surface area contributed by atoms with Gasteiger partial charge in [0.1, 0.15) is 5.82 Å². The Morgan fingerprint density at radius 2 is 1.65 bits per heavy atom. The smallest absolute Gasteiger partial charge is 0.381 e. The lowest BCUT2D eigenvalue weighted by Crippen LogP contribution is -2.22. The first-order chi connectivity index (χ1) is 7.53. The lowest BCUT2D eigenvalue weighted by atomic mass is 10.0. The lowest BCUT2D eigenvalue weighted by Gasteiger charge is -2.20. The molecule has 1 nitrogen and oxygen atoms in total. The van der Waals surface area contributed by atoms with Gasteiger partial charge >= 0.3 is 11.0 Å². The van der Waals surface area contributed by atoms with E-state index < -0.39 is 34.1 Å². The summed E-state index contributed by atoms with van der Waals surface area (Å²) in [6, 6.07) is 1.09. The molecule has 0 heterocycles. The van der Waals surface area contributed by atoms with Crippen LogP contribution in [-0.2, 0) is 6.18 Å². The molecule has 0 aliphatic rings. The maximum atomic E-state index is 12.7. The number of hydrogen-bond acceptors (Lipinski definition) is 1. The van der Waals surface area contributed by atoms with E-state index in [1.54, 1.807) is 15.9 Å². The van der Waals surface area contributed by atoms with E-state index in [1.165, 1.54) is 0 Å². The fraction of sp³-hybridized carbons (Fsp3) is 0.333. The Bertz CT molecular complexity index is 411. The van der Waals surface area contributed by atoms with E-state index in [4.69, 9.17) is 5.11 Å². The molecule has 0 saturated heterocycles. The zero-order chi connectivity index (χ0) is 13.4. The van der Waals surface area contributed by atoms with Gasteiger partial charge in [-0.1, -0.05) is 6.07 Å². The second-order valence-corrected chi connectivity index (χ2v) is 4.23. The average Bonchev–Trinajstić information content (AvgIpc) is 2.14. The van der Waals surface area contributed by atoms with Crippen LogP contribution in [0, 0.1) is 5.82 Å². The Morgan fingerprint density at radius 1 is 1.12 bits per heavy atom. The van der Waals surface area contributed by atoms with Crippen molar-refractivity contribution in [3.05, 3.63) is 35.1 Å². The summed E-state index contributed by atoms with van der Waals surface area (Å²) in [5.41, 5.74) is -2.73. The molecule has 8 heteroatoms. The van der Waals surface area contributed by atoms with E-state index in [-0.39, 0.29) is 6.07 Å². The molecule has 1 aromatic carbocycles. The van der Waals surface area contributed by atoms with Crippen LogP contribution >= 0.6 is 15.9 Å². The van der Waals surface area contributed by atoms with E-state index in [0.29, 0.717) is 12.1 Å². The van der Waals surface area contributed by atoms with Crippen LogP contribution in [0.5, 0.6) is 0 Å². The molecule has 0 aromatic heterocycles. The first-order valence-corrected chi connectivity index (χ1v) is 4.94. The van der Waals surface area contributed by atoms with Gasteiger partial charge in [-0.25, -0.2) is 4.39 Å². The highest BCUT2D eigenvalue weighted by Crippen LogP contribution is 2.42. The highest BCUT2D eigenvalue weighted by Gasteiger charge is 2.42. The third kappa shape index (κ3) is 3.35. The molecule has 1 aromatic rings. The second-order valence-electron chi connectivity index (χ2n) is 3.17. The van der Waals surface area contributed by atoms with E-state index in [2.05, 4.69) is 0 Å². The molecule has 0 bridgehead atoms. The standard InChI is InChI=1S/C9H5BrF6O/c10-8(12,13)7(17)5-2-1-4(11)3-6(5)9(14,15)16/h1-3,7,17H. The number of benzene rings is 1. The summed E-state index contributed by atoms with van der Waals surface area (Å²) in [6.45, 7) is 0. The minimum absolute atomic E-state index is 0.0529. The topological polar surface area (TPSA) is 20.2 Å². The van der Waals surface area contributed by atoms with Gasteiger partial charge in [0.15, 0.2) is 6.10 Å². The fourth-order valence-corrected chi connectivity index (χ4v) is 1.44. The number of alkyl halides is 6. The summed E-state index contributed by atoms with van der Waals surface area (Å²) in [7, 11) is 0. The maximum absolute atomic E-state index is 12.7. The summed E-state index contributed by atoms with van der Waals surface area (Å²) in [4.78, 5) is -3.94. The molecule has 17 heavy (non-hydrogen) atoms. The van der Waals surface area contributed by atoms with Crippen molar-refractivity contribution in [3.63, 3.8) is 0 Å². The van der Waals surface area contributed by atoms with E-state index in [0.717, 1.165) is 0 Å². The first-order valence-electron chi connectivity index (χ1n) is 4.15. The zero-order valence-corrected chi connectivity index (χ0v) is 9.49. The number of aliphatic hydroxyl groups excluding tert-OH is 1. The van der Waals surface area contributed by atoms with Crippen LogP contribution < -0.4 is 0 Å². The van der Waals surface area contributed by atoms with Gasteiger partial charge in [-0.3, -0.25) is 0 Å². The van der Waals surface area contributed by atoms with Gasteiger partial charge in [0.25, 0.3) is 0 Å². The normalized spacial score (nSPS) is 14.8. The van der Waals surface area contributed by atoms with Crippen molar-refractivity contribution in [3.8, 4) is 0 Å². The second kappa shape index (κ2) is 4.49. The minimum atomic E-state index is -5.03. The van der Waals surface area contributed by atoms with Crippen molar-refractivity contribution in [1.29, 1.82) is 0 Å². The predicted octanol–water partition coefficient (Wildman–Crippen LogP) is 3.87. The molecule has 0 radical (unpaired) electrons. The quantitative estimate of drug-likeness (QED) is 0.647. The summed E-state index contributed by atoms with van der Waals surface area (Å²) in [6.07, 6.45) is -7.75. The molecule has 0 spiro atoms. The molecular weight excluding hydrogens is 318 g/mol. The molecule has 1 N–H and O–H groups in total. The van der Waals surface area contributed by atoms with Crippen molar-refractivity contribution in [2.75, 3.05) is 0 Å². The third-order valence-corrected chi connectivity index (χ3v) is 2.36. The van der Waals surface area contributed by atoms with Gasteiger partial charge in [0.05, 0.1) is 5.56 Å². The van der Waals surface area contributed by atoms with Gasteiger partial charge in [-0.15, -0.1) is 0 Å². The van der Waals surface area contributed by atoms with Gasteiger partial charge in [-0.05, 0) is 33.6 Å². The van der Waals surface area contributed by atoms with Gasteiger partial charge in [0, 0.05) is 0 Å². The summed E-state index contributed by atoms with van der Waals surface area (Å²) in [5, 5.41) is 9.07. The molecule has 1 rings (SSSR count). The predicted molar refractivity (Wildman–Crippen MR) is 50.2 cm³/mol. The van der Waals surface area contributed by atoms with E-state index in [1.807, 2.05) is 0 Å². The van der Waals surface area contributed by atoms with Crippen LogP contribution in [0.2, 0.25) is 0 Å². The van der Waals surface area contributed by atoms with Crippen LogP contribution in [0.15, 0.2) is 18.2 Å². The molecule has 1 unspecified atom stereocenters. The monoisotopic (exact) mass is 322 g/mol. The van der Waals surface area contributed by atoms with Crippen molar-refractivity contribution in [1.82, 2.24) is 0 Å². The zero-order valence-electron chi connectivity index (χ0n) is 7.90. The van der Waals surface area contributed by atoms with Crippen molar-refractivity contribution < 1.29 is 31.4 Å².